The van der Waals surface area contributed by atoms with E-state index >= 15 is 0 Å². The molecule has 3 fully saturated rings. The van der Waals surface area contributed by atoms with Crippen LogP contribution in [0, 0.1) is 17.9 Å². The third-order valence-corrected chi connectivity index (χ3v) is 8.29. The molecule has 0 bridgehead atoms. The van der Waals surface area contributed by atoms with Crippen molar-refractivity contribution in [1.29, 1.82) is 0 Å². The van der Waals surface area contributed by atoms with E-state index in [9.17, 15) is 23.6 Å². The van der Waals surface area contributed by atoms with Gasteiger partial charge in [0.15, 0.2) is 5.67 Å². The Hall–Kier alpha value is -3.48. The summed E-state index contributed by atoms with van der Waals surface area (Å²) in [5.74, 6) is -1.64. The maximum Gasteiger partial charge on any atom is 0.350 e. The van der Waals surface area contributed by atoms with Crippen molar-refractivity contribution in [2.45, 2.75) is 88.6 Å². The SMILES string of the molecule is C#[N+][C@@H]1C[C@@]2(CN1C(=O)C(CC1CC1)NC(=O)[C@@H](NC(=O)C1(F)CC1)C(C)(C)C)C(=O)Nc1ccccc12. The van der Waals surface area contributed by atoms with Crippen molar-refractivity contribution in [2.75, 3.05) is 11.9 Å². The molecule has 1 spiro atoms. The molecule has 1 unspecified atom stereocenters. The molecule has 0 radical (unpaired) electrons. The van der Waals surface area contributed by atoms with Gasteiger partial charge in [-0.1, -0.05) is 56.7 Å². The number of hydrogen-bond donors (Lipinski definition) is 3. The maximum absolute atomic E-state index is 14.4. The molecular formula is C28H35FN5O4+. The van der Waals surface area contributed by atoms with Crippen molar-refractivity contribution in [2.24, 2.45) is 11.3 Å². The van der Waals surface area contributed by atoms with Crippen LogP contribution in [0.15, 0.2) is 24.3 Å². The molecule has 38 heavy (non-hydrogen) atoms. The highest BCUT2D eigenvalue weighted by Crippen LogP contribution is 2.47. The predicted octanol–water partition coefficient (Wildman–Crippen LogP) is 2.72. The second-order valence-electron chi connectivity index (χ2n) is 12.4. The first-order chi connectivity index (χ1) is 17.9. The molecule has 4 aliphatic rings. The lowest BCUT2D eigenvalue weighted by Crippen LogP contribution is -2.59. The number of hydrogen-bond acceptors (Lipinski definition) is 4. The molecule has 2 aliphatic heterocycles. The van der Waals surface area contributed by atoms with Crippen LogP contribution in [0.25, 0.3) is 4.85 Å². The number of para-hydroxylation sites is 1. The largest absolute Gasteiger partial charge is 0.350 e. The van der Waals surface area contributed by atoms with E-state index in [1.165, 1.54) is 4.90 Å². The zero-order valence-corrected chi connectivity index (χ0v) is 22.1. The second kappa shape index (κ2) is 9.07. The maximum atomic E-state index is 14.4. The number of nitrogens with zero attached hydrogens (tertiary/aromatic N) is 2. The van der Waals surface area contributed by atoms with Gasteiger partial charge in [0.25, 0.3) is 18.4 Å². The predicted molar refractivity (Wildman–Crippen MR) is 139 cm³/mol. The fourth-order valence-electron chi connectivity index (χ4n) is 5.61. The van der Waals surface area contributed by atoms with Crippen LogP contribution >= 0.6 is 0 Å². The summed E-state index contributed by atoms with van der Waals surface area (Å²) in [6.07, 6.45) is 2.10. The number of amides is 4. The summed E-state index contributed by atoms with van der Waals surface area (Å²) in [6, 6.07) is 5.44. The van der Waals surface area contributed by atoms with Crippen LogP contribution in [0.2, 0.25) is 0 Å². The number of rotatable bonds is 7. The van der Waals surface area contributed by atoms with Crippen molar-refractivity contribution < 1.29 is 23.6 Å². The van der Waals surface area contributed by atoms with E-state index in [-0.39, 0.29) is 43.5 Å². The number of anilines is 1. The van der Waals surface area contributed by atoms with Crippen LogP contribution in [0.1, 0.15) is 64.9 Å². The Morgan fingerprint density at radius 2 is 1.89 bits per heavy atom. The van der Waals surface area contributed by atoms with Gasteiger partial charge in [-0.2, -0.15) is 0 Å². The quantitative estimate of drug-likeness (QED) is 0.509. The van der Waals surface area contributed by atoms with E-state index in [2.05, 4.69) is 20.8 Å². The fraction of sp³-hybridized carbons (Fsp3) is 0.607. The number of benzene rings is 1. The van der Waals surface area contributed by atoms with Gasteiger partial charge in [0.1, 0.15) is 17.5 Å². The number of carbonyl (C=O) groups is 4. The number of alkyl halides is 1. The summed E-state index contributed by atoms with van der Waals surface area (Å²) < 4.78 is 14.4. The second-order valence-corrected chi connectivity index (χ2v) is 12.4. The first-order valence-electron chi connectivity index (χ1n) is 13.3. The molecule has 4 amide bonds. The smallest absolute Gasteiger partial charge is 0.342 e. The Morgan fingerprint density at radius 3 is 2.50 bits per heavy atom. The first kappa shape index (κ1) is 26.1. The van der Waals surface area contributed by atoms with Gasteiger partial charge >= 0.3 is 6.17 Å². The highest BCUT2D eigenvalue weighted by molar-refractivity contribution is 6.07. The van der Waals surface area contributed by atoms with Gasteiger partial charge in [0.2, 0.25) is 11.8 Å². The monoisotopic (exact) mass is 524 g/mol. The molecule has 10 heteroatoms. The fourth-order valence-corrected chi connectivity index (χ4v) is 5.61. The molecule has 202 valence electrons. The first-order valence-corrected chi connectivity index (χ1v) is 13.3. The summed E-state index contributed by atoms with van der Waals surface area (Å²) in [5.41, 5.74) is -2.13. The van der Waals surface area contributed by atoms with Crippen LogP contribution in [-0.4, -0.2) is 59.0 Å². The molecule has 2 saturated carbocycles. The summed E-state index contributed by atoms with van der Waals surface area (Å²) >= 11 is 0. The van der Waals surface area contributed by atoms with Crippen molar-refractivity contribution >= 4 is 29.3 Å². The van der Waals surface area contributed by atoms with Crippen LogP contribution in [0.3, 0.4) is 0 Å². The van der Waals surface area contributed by atoms with E-state index in [0.717, 1.165) is 18.4 Å². The van der Waals surface area contributed by atoms with Crippen LogP contribution in [0.5, 0.6) is 0 Å². The normalized spacial score (nSPS) is 26.7. The van der Waals surface area contributed by atoms with Crippen molar-refractivity contribution in [1.82, 2.24) is 15.5 Å². The zero-order valence-electron chi connectivity index (χ0n) is 22.1. The number of fused-ring (bicyclic) bond motifs is 2. The third kappa shape index (κ3) is 4.63. The number of likely N-dealkylation sites (tertiary alicyclic amines) is 1. The van der Waals surface area contributed by atoms with Gasteiger partial charge in [-0.3, -0.25) is 24.1 Å². The highest BCUT2D eigenvalue weighted by Gasteiger charge is 2.60. The van der Waals surface area contributed by atoms with Crippen molar-refractivity contribution in [3.8, 4) is 6.57 Å². The van der Waals surface area contributed by atoms with Gasteiger partial charge in [-0.05, 0) is 42.2 Å². The standard InChI is InChI=1S/C28H34FN5O4/c1-26(2,3)21(33-25(38)28(29)11-12-28)22(35)31-19(13-16-9-10-16)23(36)34-15-27(14-20(34)30-4)17-7-5-6-8-18(17)32-24(27)37/h4-8,16,19-21H,9-15H2,1-3H3,(H2-,31,32,33,35,37,38)/p+1/t19?,20-,21+,27-/m0/s1. The molecule has 3 N–H and O–H groups in total. The summed E-state index contributed by atoms with van der Waals surface area (Å²) in [5, 5.41) is 8.33. The van der Waals surface area contributed by atoms with Gasteiger partial charge in [-0.15, -0.1) is 0 Å². The molecule has 1 saturated heterocycles. The lowest BCUT2D eigenvalue weighted by atomic mass is 9.80. The number of nitrogens with one attached hydrogen (secondary N) is 3. The topological polar surface area (TPSA) is 112 Å². The average molecular weight is 525 g/mol. The number of carbonyl (C=O) groups excluding carboxylic acids is 4. The Balaban J connectivity index is 1.37. The minimum atomic E-state index is -1.93. The molecular weight excluding hydrogens is 489 g/mol. The molecule has 0 aromatic heterocycles. The Kier molecular flexibility index (Phi) is 6.24. The average Bonchev–Trinajstić information content (AvgIpc) is 3.78. The number of halogens is 1. The summed E-state index contributed by atoms with van der Waals surface area (Å²) in [6.45, 7) is 11.1. The molecule has 2 aliphatic carbocycles. The molecule has 2 heterocycles. The van der Waals surface area contributed by atoms with Gasteiger partial charge in [0.05, 0.1) is 6.42 Å². The Morgan fingerprint density at radius 1 is 1.21 bits per heavy atom. The van der Waals surface area contributed by atoms with Crippen molar-refractivity contribution in [3.63, 3.8) is 0 Å². The molecule has 1 aromatic carbocycles. The minimum Gasteiger partial charge on any atom is -0.342 e. The van der Waals surface area contributed by atoms with Gasteiger partial charge < -0.3 is 16.0 Å². The molecule has 1 aromatic rings. The van der Waals surface area contributed by atoms with Crippen LogP contribution in [-0.2, 0) is 24.6 Å². The zero-order chi connectivity index (χ0) is 27.5. The lowest BCUT2D eigenvalue weighted by Gasteiger charge is -2.33. The third-order valence-electron chi connectivity index (χ3n) is 8.29. The Bertz CT molecular complexity index is 1230. The van der Waals surface area contributed by atoms with Gasteiger partial charge in [0, 0.05) is 12.2 Å². The van der Waals surface area contributed by atoms with Crippen LogP contribution < -0.4 is 16.0 Å². The van der Waals surface area contributed by atoms with E-state index in [4.69, 9.17) is 6.57 Å². The molecule has 9 nitrogen and oxygen atoms in total. The van der Waals surface area contributed by atoms with E-state index in [0.29, 0.717) is 12.1 Å². The summed E-state index contributed by atoms with van der Waals surface area (Å²) in [7, 11) is 0. The molecule has 4 atom stereocenters. The van der Waals surface area contributed by atoms with Crippen molar-refractivity contribution in [3.05, 3.63) is 34.7 Å². The van der Waals surface area contributed by atoms with E-state index < -0.39 is 46.6 Å². The highest BCUT2D eigenvalue weighted by atomic mass is 19.1. The van der Waals surface area contributed by atoms with E-state index in [1.54, 1.807) is 20.8 Å². The van der Waals surface area contributed by atoms with Crippen LogP contribution in [0.4, 0.5) is 10.1 Å². The molecule has 5 rings (SSSR count). The van der Waals surface area contributed by atoms with Gasteiger partial charge in [-0.25, -0.2) is 4.39 Å². The Labute approximate surface area is 221 Å². The minimum absolute atomic E-state index is 0.0842. The van der Waals surface area contributed by atoms with E-state index in [1.807, 2.05) is 24.3 Å². The lowest BCUT2D eigenvalue weighted by molar-refractivity contribution is -0.139. The summed E-state index contributed by atoms with van der Waals surface area (Å²) in [4.78, 5) is 58.5.